The lowest BCUT2D eigenvalue weighted by Crippen LogP contribution is -3.11. The summed E-state index contributed by atoms with van der Waals surface area (Å²) in [6.07, 6.45) is 1.06. The number of fused-ring (bicyclic) bond motifs is 4. The van der Waals surface area contributed by atoms with Gasteiger partial charge in [-0.2, -0.15) is 0 Å². The van der Waals surface area contributed by atoms with Crippen molar-refractivity contribution in [2.45, 2.75) is 25.3 Å². The number of nitrogens with one attached hydrogen (secondary N) is 1. The minimum atomic E-state index is 0.137. The van der Waals surface area contributed by atoms with Gasteiger partial charge in [0, 0.05) is 17.7 Å². The van der Waals surface area contributed by atoms with Crippen molar-refractivity contribution in [3.05, 3.63) is 77.4 Å². The number of quaternary nitrogens is 1. The summed E-state index contributed by atoms with van der Waals surface area (Å²) in [4.78, 5) is 17.2. The SMILES string of the molecule is Cc1ccc2c(c1)[C@@H]1C[NH+](C)CC[C@H]1N2C(=O)c1ccc2ccccc2c1. The van der Waals surface area contributed by atoms with Crippen molar-refractivity contribution >= 4 is 22.4 Å². The predicted octanol–water partition coefficient (Wildman–Crippen LogP) is 3.18. The van der Waals surface area contributed by atoms with Crippen molar-refractivity contribution in [3.63, 3.8) is 0 Å². The molecule has 3 nitrogen and oxygen atoms in total. The van der Waals surface area contributed by atoms with Crippen molar-refractivity contribution in [1.29, 1.82) is 0 Å². The van der Waals surface area contributed by atoms with Crippen LogP contribution in [0.25, 0.3) is 10.8 Å². The van der Waals surface area contributed by atoms with E-state index in [2.05, 4.69) is 55.3 Å². The Morgan fingerprint density at radius 1 is 1.04 bits per heavy atom. The fraction of sp³-hybridized carbons (Fsp3) is 0.292. The highest BCUT2D eigenvalue weighted by atomic mass is 16.2. The third-order valence-corrected chi connectivity index (χ3v) is 6.29. The zero-order valence-electron chi connectivity index (χ0n) is 15.9. The molecule has 136 valence electrons. The van der Waals surface area contributed by atoms with E-state index in [0.717, 1.165) is 36.1 Å². The second kappa shape index (κ2) is 6.21. The standard InChI is InChI=1S/C24H24N2O/c1-16-7-10-22-20(13-16)21-15-25(2)12-11-23(21)26(22)24(27)19-9-8-17-5-3-4-6-18(17)14-19/h3-10,13-14,21,23H,11-12,15H2,1-2H3/p+1/t21-,23+/m0/s1. The van der Waals surface area contributed by atoms with Gasteiger partial charge in [0.15, 0.2) is 0 Å². The van der Waals surface area contributed by atoms with E-state index in [1.54, 1.807) is 4.90 Å². The number of carbonyl (C=O) groups is 1. The number of likely N-dealkylation sites (N-methyl/N-ethyl adjacent to an activating group) is 1. The van der Waals surface area contributed by atoms with E-state index in [-0.39, 0.29) is 11.9 Å². The van der Waals surface area contributed by atoms with E-state index in [1.807, 2.05) is 24.3 Å². The molecule has 3 aromatic carbocycles. The average Bonchev–Trinajstić information content (AvgIpc) is 3.00. The summed E-state index contributed by atoms with van der Waals surface area (Å²) >= 11 is 0. The first-order valence-electron chi connectivity index (χ1n) is 9.86. The van der Waals surface area contributed by atoms with Gasteiger partial charge in [-0.3, -0.25) is 4.79 Å². The van der Waals surface area contributed by atoms with Crippen molar-refractivity contribution in [1.82, 2.24) is 0 Å². The molecule has 3 aromatic rings. The average molecular weight is 357 g/mol. The Labute approximate surface area is 160 Å². The van der Waals surface area contributed by atoms with Gasteiger partial charge in [-0.15, -0.1) is 0 Å². The van der Waals surface area contributed by atoms with Crippen LogP contribution in [0.15, 0.2) is 60.7 Å². The maximum atomic E-state index is 13.6. The van der Waals surface area contributed by atoms with E-state index in [1.165, 1.54) is 16.5 Å². The van der Waals surface area contributed by atoms with Crippen LogP contribution < -0.4 is 9.80 Å². The molecule has 27 heavy (non-hydrogen) atoms. The second-order valence-electron chi connectivity index (χ2n) is 8.17. The summed E-state index contributed by atoms with van der Waals surface area (Å²) in [6.45, 7) is 4.36. The zero-order valence-corrected chi connectivity index (χ0v) is 15.9. The number of hydrogen-bond donors (Lipinski definition) is 1. The van der Waals surface area contributed by atoms with Crippen molar-refractivity contribution in [2.24, 2.45) is 0 Å². The predicted molar refractivity (Wildman–Crippen MR) is 110 cm³/mol. The van der Waals surface area contributed by atoms with Gasteiger partial charge in [-0.05, 0) is 41.5 Å². The Morgan fingerprint density at radius 2 is 1.85 bits per heavy atom. The summed E-state index contributed by atoms with van der Waals surface area (Å²) in [6, 6.07) is 21.2. The first-order valence-corrected chi connectivity index (χ1v) is 9.86. The number of benzene rings is 3. The lowest BCUT2D eigenvalue weighted by Gasteiger charge is -2.34. The normalized spacial score (nSPS) is 23.9. The maximum absolute atomic E-state index is 13.6. The second-order valence-corrected chi connectivity index (χ2v) is 8.17. The first-order chi connectivity index (χ1) is 13.1. The number of hydrogen-bond acceptors (Lipinski definition) is 1. The molecule has 0 bridgehead atoms. The summed E-state index contributed by atoms with van der Waals surface area (Å²) in [5, 5.41) is 2.29. The maximum Gasteiger partial charge on any atom is 0.258 e. The molecule has 0 spiro atoms. The summed E-state index contributed by atoms with van der Waals surface area (Å²) < 4.78 is 0. The highest BCUT2D eigenvalue weighted by molar-refractivity contribution is 6.09. The van der Waals surface area contributed by atoms with Gasteiger partial charge in [0.05, 0.1) is 32.1 Å². The molecule has 3 atom stereocenters. The Kier molecular flexibility index (Phi) is 3.80. The highest BCUT2D eigenvalue weighted by Gasteiger charge is 2.45. The molecule has 0 saturated carbocycles. The molecular formula is C24H25N2O+. The van der Waals surface area contributed by atoms with E-state index in [9.17, 15) is 4.79 Å². The Morgan fingerprint density at radius 3 is 2.70 bits per heavy atom. The van der Waals surface area contributed by atoms with Gasteiger partial charge in [0.2, 0.25) is 0 Å². The molecule has 5 rings (SSSR count). The fourth-order valence-corrected chi connectivity index (χ4v) is 4.93. The van der Waals surface area contributed by atoms with E-state index in [0.29, 0.717) is 5.92 Å². The number of anilines is 1. The zero-order chi connectivity index (χ0) is 18.5. The number of amides is 1. The van der Waals surface area contributed by atoms with Crippen LogP contribution in [0.2, 0.25) is 0 Å². The fourth-order valence-electron chi connectivity index (χ4n) is 4.93. The lowest BCUT2D eigenvalue weighted by atomic mass is 9.88. The van der Waals surface area contributed by atoms with Gasteiger partial charge in [-0.25, -0.2) is 0 Å². The largest absolute Gasteiger partial charge is 0.337 e. The molecule has 1 unspecified atom stereocenters. The number of aryl methyl sites for hydroxylation is 1. The topological polar surface area (TPSA) is 24.8 Å². The van der Waals surface area contributed by atoms with Crippen LogP contribution in [0.5, 0.6) is 0 Å². The van der Waals surface area contributed by atoms with Crippen LogP contribution in [0.3, 0.4) is 0 Å². The van der Waals surface area contributed by atoms with Crippen LogP contribution >= 0.6 is 0 Å². The molecular weight excluding hydrogens is 332 g/mol. The molecule has 1 amide bonds. The van der Waals surface area contributed by atoms with Gasteiger partial charge >= 0.3 is 0 Å². The minimum Gasteiger partial charge on any atom is -0.337 e. The molecule has 2 aliphatic rings. The molecule has 1 fully saturated rings. The third-order valence-electron chi connectivity index (χ3n) is 6.29. The van der Waals surface area contributed by atoms with Crippen LogP contribution in [-0.2, 0) is 0 Å². The third kappa shape index (κ3) is 2.65. The van der Waals surface area contributed by atoms with Gasteiger partial charge in [0.25, 0.3) is 5.91 Å². The van der Waals surface area contributed by atoms with E-state index < -0.39 is 0 Å². The van der Waals surface area contributed by atoms with Crippen molar-refractivity contribution < 1.29 is 9.69 Å². The molecule has 2 aliphatic heterocycles. The van der Waals surface area contributed by atoms with Gasteiger partial charge < -0.3 is 9.80 Å². The highest BCUT2D eigenvalue weighted by Crippen LogP contribution is 2.43. The molecule has 0 aromatic heterocycles. The quantitative estimate of drug-likeness (QED) is 0.711. The molecule has 1 N–H and O–H groups in total. The number of piperidine rings is 1. The Hall–Kier alpha value is -2.65. The molecule has 2 heterocycles. The number of likely N-dealkylation sites (tertiary alicyclic amines) is 1. The summed E-state index contributed by atoms with van der Waals surface area (Å²) in [7, 11) is 2.26. The van der Waals surface area contributed by atoms with Crippen molar-refractivity contribution in [3.8, 4) is 0 Å². The number of rotatable bonds is 1. The monoisotopic (exact) mass is 357 g/mol. The number of carbonyl (C=O) groups excluding carboxylic acids is 1. The van der Waals surface area contributed by atoms with Crippen LogP contribution in [0.4, 0.5) is 5.69 Å². The minimum absolute atomic E-state index is 0.137. The molecule has 3 heteroatoms. The van der Waals surface area contributed by atoms with Crippen LogP contribution in [-0.4, -0.2) is 32.1 Å². The van der Waals surface area contributed by atoms with E-state index in [4.69, 9.17) is 0 Å². The molecule has 0 aliphatic carbocycles. The Bertz CT molecular complexity index is 1040. The van der Waals surface area contributed by atoms with Gasteiger partial charge in [0.1, 0.15) is 0 Å². The first kappa shape index (κ1) is 16.5. The van der Waals surface area contributed by atoms with Crippen LogP contribution in [0.1, 0.15) is 33.8 Å². The van der Waals surface area contributed by atoms with E-state index >= 15 is 0 Å². The molecule has 1 saturated heterocycles. The van der Waals surface area contributed by atoms with Gasteiger partial charge in [-0.1, -0.05) is 48.0 Å². The summed E-state index contributed by atoms with van der Waals surface area (Å²) in [5.41, 5.74) is 4.53. The van der Waals surface area contributed by atoms with Crippen LogP contribution in [0, 0.1) is 6.92 Å². The smallest absolute Gasteiger partial charge is 0.258 e. The summed E-state index contributed by atoms with van der Waals surface area (Å²) in [5.74, 6) is 0.580. The Balaban J connectivity index is 1.59. The lowest BCUT2D eigenvalue weighted by molar-refractivity contribution is -0.886. The number of nitrogens with zero attached hydrogens (tertiary/aromatic N) is 1. The molecule has 0 radical (unpaired) electrons. The van der Waals surface area contributed by atoms with Crippen molar-refractivity contribution in [2.75, 3.05) is 25.0 Å².